The van der Waals surface area contributed by atoms with Gasteiger partial charge in [0.05, 0.1) is 11.3 Å². The zero-order valence-corrected chi connectivity index (χ0v) is 19.1. The van der Waals surface area contributed by atoms with Crippen molar-refractivity contribution in [2.75, 3.05) is 42.7 Å². The molecule has 0 aliphatic carbocycles. The minimum absolute atomic E-state index is 0.00360. The molecule has 1 heterocycles. The van der Waals surface area contributed by atoms with Crippen LogP contribution in [0.1, 0.15) is 18.1 Å². The van der Waals surface area contributed by atoms with Gasteiger partial charge < -0.3 is 20.4 Å². The molecule has 0 fully saturated rings. The zero-order valence-electron chi connectivity index (χ0n) is 19.1. The van der Waals surface area contributed by atoms with Gasteiger partial charge in [-0.05, 0) is 50.0 Å². The number of carbonyl (C=O) groups excluding carboxylic acids is 2. The number of likely N-dealkylation sites (N-methyl/N-ethyl adjacent to an activating group) is 1. The van der Waals surface area contributed by atoms with E-state index in [1.165, 1.54) is 0 Å². The minimum atomic E-state index is -0.134. The van der Waals surface area contributed by atoms with Crippen molar-refractivity contribution in [3.63, 3.8) is 0 Å². The summed E-state index contributed by atoms with van der Waals surface area (Å²) in [5, 5.41) is 6.42. The molecule has 0 unspecified atom stereocenters. The van der Waals surface area contributed by atoms with Crippen LogP contribution in [-0.4, -0.2) is 43.9 Å². The van der Waals surface area contributed by atoms with Crippen LogP contribution in [0.4, 0.5) is 17.1 Å². The first-order valence-electron chi connectivity index (χ1n) is 10.9. The second-order valence-electron chi connectivity index (χ2n) is 8.26. The fourth-order valence-corrected chi connectivity index (χ4v) is 3.89. The molecular weight excluding hydrogens is 412 g/mol. The van der Waals surface area contributed by atoms with E-state index in [4.69, 9.17) is 0 Å². The van der Waals surface area contributed by atoms with E-state index >= 15 is 0 Å². The molecule has 33 heavy (non-hydrogen) atoms. The number of rotatable bonds is 7. The molecule has 6 heteroatoms. The van der Waals surface area contributed by atoms with Gasteiger partial charge in [-0.2, -0.15) is 0 Å². The molecule has 0 atom stereocenters. The topological polar surface area (TPSA) is 64.7 Å². The molecule has 1 aliphatic heterocycles. The van der Waals surface area contributed by atoms with Crippen LogP contribution in [0.15, 0.2) is 78.9 Å². The normalized spacial score (nSPS) is 14.0. The maximum Gasteiger partial charge on any atom is 0.258 e. The van der Waals surface area contributed by atoms with E-state index in [1.807, 2.05) is 93.0 Å². The quantitative estimate of drug-likeness (QED) is 0.530. The van der Waals surface area contributed by atoms with Crippen LogP contribution in [0.5, 0.6) is 0 Å². The van der Waals surface area contributed by atoms with E-state index in [0.29, 0.717) is 12.1 Å². The molecule has 0 spiro atoms. The predicted octanol–water partition coefficient (Wildman–Crippen LogP) is 4.53. The number of anilines is 3. The summed E-state index contributed by atoms with van der Waals surface area (Å²) < 4.78 is 0. The van der Waals surface area contributed by atoms with Gasteiger partial charge in [0.1, 0.15) is 0 Å². The van der Waals surface area contributed by atoms with Gasteiger partial charge in [0.2, 0.25) is 5.91 Å². The lowest BCUT2D eigenvalue weighted by Gasteiger charge is -2.23. The Kier molecular flexibility index (Phi) is 6.56. The Morgan fingerprint density at radius 2 is 1.55 bits per heavy atom. The highest BCUT2D eigenvalue weighted by Crippen LogP contribution is 2.37. The lowest BCUT2D eigenvalue weighted by atomic mass is 10.00. The standard InChI is InChI=1S/C27H28N4O2/c1-19(32)31(18-17-30(2)3)22-15-13-21(14-16-22)28-26(20-9-5-4-6-10-20)25-23-11-7-8-12-24(23)29-27(25)33/h4-16,28H,17-18H2,1-3H3,(H,29,33). The largest absolute Gasteiger partial charge is 0.354 e. The van der Waals surface area contributed by atoms with Crippen LogP contribution >= 0.6 is 0 Å². The Morgan fingerprint density at radius 1 is 0.879 bits per heavy atom. The molecule has 2 N–H and O–H groups in total. The first kappa shape index (κ1) is 22.3. The maximum absolute atomic E-state index is 12.9. The summed E-state index contributed by atoms with van der Waals surface area (Å²) in [6.45, 7) is 2.97. The Hall–Kier alpha value is -3.90. The number of nitrogens with one attached hydrogen (secondary N) is 2. The van der Waals surface area contributed by atoms with Crippen LogP contribution in [-0.2, 0) is 9.59 Å². The van der Waals surface area contributed by atoms with E-state index in [9.17, 15) is 9.59 Å². The van der Waals surface area contributed by atoms with Gasteiger partial charge in [-0.25, -0.2) is 0 Å². The van der Waals surface area contributed by atoms with Crippen molar-refractivity contribution in [3.8, 4) is 0 Å². The molecule has 0 radical (unpaired) electrons. The Bertz CT molecular complexity index is 1180. The maximum atomic E-state index is 12.9. The first-order valence-corrected chi connectivity index (χ1v) is 10.9. The van der Waals surface area contributed by atoms with Gasteiger partial charge in [-0.15, -0.1) is 0 Å². The SMILES string of the molecule is CC(=O)N(CCN(C)C)c1ccc(NC(=C2C(=O)Nc3ccccc32)c2ccccc2)cc1. The highest BCUT2D eigenvalue weighted by molar-refractivity contribution is 6.37. The van der Waals surface area contributed by atoms with E-state index in [1.54, 1.807) is 11.8 Å². The van der Waals surface area contributed by atoms with Crippen molar-refractivity contribution in [3.05, 3.63) is 90.0 Å². The number of amides is 2. The van der Waals surface area contributed by atoms with Crippen molar-refractivity contribution in [1.29, 1.82) is 0 Å². The summed E-state index contributed by atoms with van der Waals surface area (Å²) >= 11 is 0. The molecule has 1 aliphatic rings. The average Bonchev–Trinajstić information content (AvgIpc) is 3.14. The third-order valence-corrected chi connectivity index (χ3v) is 5.58. The number of nitrogens with zero attached hydrogens (tertiary/aromatic N) is 2. The first-order chi connectivity index (χ1) is 15.9. The molecule has 2 amide bonds. The number of hydrogen-bond acceptors (Lipinski definition) is 4. The molecule has 3 aromatic rings. The van der Waals surface area contributed by atoms with Crippen LogP contribution in [0, 0.1) is 0 Å². The number of carbonyl (C=O) groups is 2. The monoisotopic (exact) mass is 440 g/mol. The van der Waals surface area contributed by atoms with Crippen molar-refractivity contribution < 1.29 is 9.59 Å². The second kappa shape index (κ2) is 9.71. The summed E-state index contributed by atoms with van der Waals surface area (Å²) in [5.74, 6) is -0.130. The molecular formula is C27H28N4O2. The third kappa shape index (κ3) is 4.96. The fraction of sp³-hybridized carbons (Fsp3) is 0.185. The lowest BCUT2D eigenvalue weighted by molar-refractivity contribution is -0.116. The van der Waals surface area contributed by atoms with Gasteiger partial charge in [0, 0.05) is 42.6 Å². The van der Waals surface area contributed by atoms with E-state index in [-0.39, 0.29) is 11.8 Å². The van der Waals surface area contributed by atoms with Gasteiger partial charge in [-0.3, -0.25) is 9.59 Å². The molecule has 3 aromatic carbocycles. The van der Waals surface area contributed by atoms with Crippen LogP contribution in [0.25, 0.3) is 11.3 Å². The summed E-state index contributed by atoms with van der Waals surface area (Å²) in [7, 11) is 3.97. The number of para-hydroxylation sites is 1. The highest BCUT2D eigenvalue weighted by Gasteiger charge is 2.28. The van der Waals surface area contributed by atoms with Crippen LogP contribution < -0.4 is 15.5 Å². The van der Waals surface area contributed by atoms with Gasteiger partial charge in [0.25, 0.3) is 5.91 Å². The van der Waals surface area contributed by atoms with E-state index < -0.39 is 0 Å². The molecule has 0 bridgehead atoms. The third-order valence-electron chi connectivity index (χ3n) is 5.58. The van der Waals surface area contributed by atoms with E-state index in [2.05, 4.69) is 15.5 Å². The summed E-state index contributed by atoms with van der Waals surface area (Å²) in [6, 6.07) is 25.2. The molecule has 0 aromatic heterocycles. The summed E-state index contributed by atoms with van der Waals surface area (Å²) in [4.78, 5) is 28.9. The molecule has 0 saturated carbocycles. The van der Waals surface area contributed by atoms with Crippen molar-refractivity contribution >= 4 is 40.1 Å². The van der Waals surface area contributed by atoms with Crippen LogP contribution in [0.3, 0.4) is 0 Å². The number of fused-ring (bicyclic) bond motifs is 1. The van der Waals surface area contributed by atoms with Gasteiger partial charge in [0.15, 0.2) is 0 Å². The van der Waals surface area contributed by atoms with Gasteiger partial charge >= 0.3 is 0 Å². The number of benzene rings is 3. The smallest absolute Gasteiger partial charge is 0.258 e. The zero-order chi connectivity index (χ0) is 23.4. The van der Waals surface area contributed by atoms with Crippen LogP contribution in [0.2, 0.25) is 0 Å². The summed E-state index contributed by atoms with van der Waals surface area (Å²) in [5.41, 5.74) is 5.61. The second-order valence-corrected chi connectivity index (χ2v) is 8.26. The predicted molar refractivity (Wildman–Crippen MR) is 135 cm³/mol. The highest BCUT2D eigenvalue weighted by atomic mass is 16.2. The molecule has 0 saturated heterocycles. The van der Waals surface area contributed by atoms with Crippen molar-refractivity contribution in [1.82, 2.24) is 4.90 Å². The minimum Gasteiger partial charge on any atom is -0.354 e. The average molecular weight is 441 g/mol. The lowest BCUT2D eigenvalue weighted by Crippen LogP contribution is -2.35. The van der Waals surface area contributed by atoms with Gasteiger partial charge in [-0.1, -0.05) is 48.5 Å². The van der Waals surface area contributed by atoms with E-state index in [0.717, 1.165) is 40.4 Å². The molecule has 168 valence electrons. The Balaban J connectivity index is 1.69. The van der Waals surface area contributed by atoms with Crippen molar-refractivity contribution in [2.24, 2.45) is 0 Å². The Labute approximate surface area is 194 Å². The molecule has 6 nitrogen and oxygen atoms in total. The fourth-order valence-electron chi connectivity index (χ4n) is 3.89. The Morgan fingerprint density at radius 3 is 2.21 bits per heavy atom. The summed E-state index contributed by atoms with van der Waals surface area (Å²) in [6.07, 6.45) is 0. The van der Waals surface area contributed by atoms with Crippen molar-refractivity contribution in [2.45, 2.75) is 6.92 Å². The molecule has 4 rings (SSSR count). The number of hydrogen-bond donors (Lipinski definition) is 2.